The molecule has 0 atom stereocenters. The van der Waals surface area contributed by atoms with Gasteiger partial charge in [-0.2, -0.15) is 0 Å². The van der Waals surface area contributed by atoms with Crippen molar-refractivity contribution in [2.24, 2.45) is 0 Å². The molecular weight excluding hydrogens is 214 g/mol. The largest absolute Gasteiger partial charge is 0.443 e. The van der Waals surface area contributed by atoms with Crippen LogP contribution in [0.5, 0.6) is 0 Å². The number of hydrogen-bond donors (Lipinski definition) is 2. The first-order valence-electron chi connectivity index (χ1n) is 4.89. The zero-order valence-electron chi connectivity index (χ0n) is 9.49. The fourth-order valence-electron chi connectivity index (χ4n) is 1.10. The van der Waals surface area contributed by atoms with E-state index in [1.165, 1.54) is 0 Å². The third-order valence-electron chi connectivity index (χ3n) is 1.69. The molecule has 0 bridgehead atoms. The van der Waals surface area contributed by atoms with Gasteiger partial charge in [-0.25, -0.2) is 15.2 Å². The number of hydrazine groups is 1. The predicted octanol–water partition coefficient (Wildman–Crippen LogP) is -0.615. The van der Waals surface area contributed by atoms with Gasteiger partial charge < -0.3 is 10.1 Å². The molecule has 7 nitrogen and oxygen atoms in total. The third kappa shape index (κ3) is 3.41. The first kappa shape index (κ1) is 12.3. The molecular formula is C9H15N3O4. The Kier molecular flexibility index (Phi) is 3.36. The second-order valence-corrected chi connectivity index (χ2v) is 4.33. The van der Waals surface area contributed by atoms with Gasteiger partial charge in [0.25, 0.3) is 0 Å². The molecule has 2 N–H and O–H groups in total. The molecule has 16 heavy (non-hydrogen) atoms. The normalized spacial score (nSPS) is 16.8. The van der Waals surface area contributed by atoms with E-state index in [1.807, 2.05) is 0 Å². The van der Waals surface area contributed by atoms with Crippen molar-refractivity contribution in [3.63, 3.8) is 0 Å². The van der Waals surface area contributed by atoms with Gasteiger partial charge in [0, 0.05) is 6.54 Å². The molecule has 7 heteroatoms. The molecule has 1 rings (SSSR count). The van der Waals surface area contributed by atoms with Gasteiger partial charge >= 0.3 is 17.9 Å². The first-order chi connectivity index (χ1) is 7.29. The summed E-state index contributed by atoms with van der Waals surface area (Å²) < 4.78 is 4.95. The number of ether oxygens (including phenoxy) is 1. The van der Waals surface area contributed by atoms with Crippen molar-refractivity contribution in [2.45, 2.75) is 26.4 Å². The molecule has 0 aromatic rings. The third-order valence-corrected chi connectivity index (χ3v) is 1.69. The average Bonchev–Trinajstić information content (AvgIpc) is 2.09. The average molecular weight is 229 g/mol. The molecule has 1 aliphatic heterocycles. The Bertz CT molecular complexity index is 321. The molecule has 1 heterocycles. The lowest BCUT2D eigenvalue weighted by molar-refractivity contribution is -0.150. The lowest BCUT2D eigenvalue weighted by Gasteiger charge is -2.28. The minimum Gasteiger partial charge on any atom is -0.443 e. The van der Waals surface area contributed by atoms with Crippen LogP contribution in [0.3, 0.4) is 0 Å². The summed E-state index contributed by atoms with van der Waals surface area (Å²) in [5.74, 6) is -1.53. The molecule has 0 aliphatic carbocycles. The summed E-state index contributed by atoms with van der Waals surface area (Å²) in [5.41, 5.74) is 1.57. The van der Waals surface area contributed by atoms with Crippen LogP contribution >= 0.6 is 0 Å². The Labute approximate surface area is 93.1 Å². The molecule has 1 aliphatic rings. The quantitative estimate of drug-likeness (QED) is 0.587. The van der Waals surface area contributed by atoms with E-state index in [1.54, 1.807) is 20.8 Å². The maximum absolute atomic E-state index is 11.3. The number of carbonyl (C=O) groups is 3. The van der Waals surface area contributed by atoms with E-state index in [9.17, 15) is 14.4 Å². The molecule has 0 aromatic heterocycles. The summed E-state index contributed by atoms with van der Waals surface area (Å²) in [5, 5.41) is 3.30. The van der Waals surface area contributed by atoms with E-state index in [4.69, 9.17) is 4.74 Å². The number of piperazine rings is 1. The molecule has 0 radical (unpaired) electrons. The fraction of sp³-hybridized carbons (Fsp3) is 0.667. The molecule has 0 unspecified atom stereocenters. The van der Waals surface area contributed by atoms with E-state index in [2.05, 4.69) is 10.7 Å². The van der Waals surface area contributed by atoms with Crippen molar-refractivity contribution >= 4 is 17.9 Å². The van der Waals surface area contributed by atoms with Crippen LogP contribution in [0, 0.1) is 0 Å². The Morgan fingerprint density at radius 2 is 2.06 bits per heavy atom. The van der Waals surface area contributed by atoms with Crippen LogP contribution in [0.4, 0.5) is 4.79 Å². The van der Waals surface area contributed by atoms with Gasteiger partial charge in [0.1, 0.15) is 5.60 Å². The highest BCUT2D eigenvalue weighted by molar-refractivity contribution is 6.35. The van der Waals surface area contributed by atoms with Crippen molar-refractivity contribution in [3.05, 3.63) is 0 Å². The van der Waals surface area contributed by atoms with Crippen LogP contribution in [-0.2, 0) is 14.3 Å². The highest BCUT2D eigenvalue weighted by atomic mass is 16.6. The zero-order chi connectivity index (χ0) is 12.3. The van der Waals surface area contributed by atoms with Crippen molar-refractivity contribution in [2.75, 3.05) is 13.1 Å². The number of rotatable bonds is 1. The number of hydrogen-bond acceptors (Lipinski definition) is 4. The first-order valence-corrected chi connectivity index (χ1v) is 4.89. The molecule has 1 fully saturated rings. The van der Waals surface area contributed by atoms with E-state index >= 15 is 0 Å². The van der Waals surface area contributed by atoms with Crippen molar-refractivity contribution in [1.82, 2.24) is 15.8 Å². The minimum atomic E-state index is -0.794. The summed E-state index contributed by atoms with van der Waals surface area (Å²) in [4.78, 5) is 33.6. The van der Waals surface area contributed by atoms with Gasteiger partial charge in [0.05, 0.1) is 6.54 Å². The number of carbonyl (C=O) groups excluding carboxylic acids is 3. The van der Waals surface area contributed by atoms with Gasteiger partial charge in [-0.05, 0) is 20.8 Å². The highest BCUT2D eigenvalue weighted by Gasteiger charge is 2.28. The molecule has 0 spiro atoms. The van der Waals surface area contributed by atoms with E-state index in [-0.39, 0.29) is 6.54 Å². The lowest BCUT2D eigenvalue weighted by Crippen LogP contribution is -2.59. The van der Waals surface area contributed by atoms with Crippen molar-refractivity contribution < 1.29 is 19.1 Å². The second-order valence-electron chi connectivity index (χ2n) is 4.33. The second kappa shape index (κ2) is 4.38. The van der Waals surface area contributed by atoms with Crippen molar-refractivity contribution in [1.29, 1.82) is 0 Å². The van der Waals surface area contributed by atoms with Crippen LogP contribution in [0.25, 0.3) is 0 Å². The van der Waals surface area contributed by atoms with Gasteiger partial charge in [0.15, 0.2) is 0 Å². The summed E-state index contributed by atoms with van der Waals surface area (Å²) >= 11 is 0. The van der Waals surface area contributed by atoms with Crippen LogP contribution < -0.4 is 10.7 Å². The Hall–Kier alpha value is -1.79. The van der Waals surface area contributed by atoms with E-state index in [0.29, 0.717) is 6.54 Å². The summed E-state index contributed by atoms with van der Waals surface area (Å²) in [6.07, 6.45) is -0.754. The topological polar surface area (TPSA) is 87.7 Å². The van der Waals surface area contributed by atoms with Gasteiger partial charge in [-0.3, -0.25) is 9.59 Å². The maximum atomic E-state index is 11.3. The van der Waals surface area contributed by atoms with Crippen molar-refractivity contribution in [3.8, 4) is 0 Å². The summed E-state index contributed by atoms with van der Waals surface area (Å²) in [6.45, 7) is 5.65. The lowest BCUT2D eigenvalue weighted by atomic mass is 10.2. The fourth-order valence-corrected chi connectivity index (χ4v) is 1.10. The van der Waals surface area contributed by atoms with Gasteiger partial charge in [-0.15, -0.1) is 0 Å². The van der Waals surface area contributed by atoms with Gasteiger partial charge in [0.2, 0.25) is 0 Å². The summed E-state index contributed by atoms with van der Waals surface area (Å²) in [6, 6.07) is 0. The Balaban J connectivity index is 2.51. The van der Waals surface area contributed by atoms with Gasteiger partial charge in [-0.1, -0.05) is 0 Å². The SMILES string of the molecule is CC(C)(C)OC(=O)NN1CCNC(=O)C1=O. The smallest absolute Gasteiger partial charge is 0.426 e. The van der Waals surface area contributed by atoms with Crippen LogP contribution in [0.15, 0.2) is 0 Å². The van der Waals surface area contributed by atoms with Crippen LogP contribution in [0.2, 0.25) is 0 Å². The Morgan fingerprint density at radius 1 is 1.44 bits per heavy atom. The number of amides is 3. The monoisotopic (exact) mass is 229 g/mol. The zero-order valence-corrected chi connectivity index (χ0v) is 9.49. The maximum Gasteiger partial charge on any atom is 0.426 e. The standard InChI is InChI=1S/C9H15N3O4/c1-9(2,3)16-8(15)11-12-5-4-10-6(13)7(12)14/h4-5H2,1-3H3,(H,10,13)(H,11,15). The predicted molar refractivity (Wildman–Crippen MR) is 54.1 cm³/mol. The minimum absolute atomic E-state index is 0.226. The van der Waals surface area contributed by atoms with Crippen LogP contribution in [0.1, 0.15) is 20.8 Å². The molecule has 0 aromatic carbocycles. The molecule has 90 valence electrons. The molecule has 1 saturated heterocycles. The number of nitrogens with one attached hydrogen (secondary N) is 2. The number of nitrogens with zero attached hydrogens (tertiary/aromatic N) is 1. The van der Waals surface area contributed by atoms with E-state index in [0.717, 1.165) is 5.01 Å². The highest BCUT2D eigenvalue weighted by Crippen LogP contribution is 2.06. The summed E-state index contributed by atoms with van der Waals surface area (Å²) in [7, 11) is 0. The Morgan fingerprint density at radius 3 is 2.62 bits per heavy atom. The molecule has 3 amide bonds. The van der Waals surface area contributed by atoms with Crippen LogP contribution in [-0.4, -0.2) is 41.6 Å². The van der Waals surface area contributed by atoms with E-state index < -0.39 is 23.5 Å². The molecule has 0 saturated carbocycles.